The zero-order chi connectivity index (χ0) is 13.0. The van der Waals surface area contributed by atoms with Crippen LogP contribution in [0.25, 0.3) is 0 Å². The van der Waals surface area contributed by atoms with Gasteiger partial charge in [0.2, 0.25) is 5.91 Å². The minimum atomic E-state index is -0.130. The topological polar surface area (TPSA) is 55.6 Å². The first-order valence-electron chi connectivity index (χ1n) is 6.90. The molecule has 112 valence electrons. The zero-order valence-electron chi connectivity index (χ0n) is 11.5. The van der Waals surface area contributed by atoms with E-state index in [-0.39, 0.29) is 24.4 Å². The summed E-state index contributed by atoms with van der Waals surface area (Å²) in [7, 11) is 1.63. The molecule has 2 fully saturated rings. The van der Waals surface area contributed by atoms with Crippen LogP contribution in [-0.4, -0.2) is 54.2 Å². The second-order valence-corrected chi connectivity index (χ2v) is 6.49. The largest absolute Gasteiger partial charge is 0.380 e. The van der Waals surface area contributed by atoms with Gasteiger partial charge in [-0.25, -0.2) is 0 Å². The third kappa shape index (κ3) is 4.25. The average Bonchev–Trinajstić information content (AvgIpc) is 2.43. The van der Waals surface area contributed by atoms with Crippen molar-refractivity contribution in [3.63, 3.8) is 0 Å². The minimum absolute atomic E-state index is 0. The number of nitrogens with zero attached hydrogens (tertiary/aromatic N) is 1. The molecule has 4 nitrogen and oxygen atoms in total. The Kier molecular flexibility index (Phi) is 7.50. The van der Waals surface area contributed by atoms with E-state index in [0.717, 1.165) is 12.3 Å². The summed E-state index contributed by atoms with van der Waals surface area (Å²) in [5, 5.41) is 0.662. The fourth-order valence-corrected chi connectivity index (χ4v) is 4.42. The van der Waals surface area contributed by atoms with Crippen LogP contribution in [0.3, 0.4) is 0 Å². The second kappa shape index (κ2) is 8.35. The van der Waals surface area contributed by atoms with Crippen molar-refractivity contribution in [1.82, 2.24) is 4.90 Å². The molecule has 2 aliphatic rings. The molecule has 0 aromatic rings. The first-order valence-corrected chi connectivity index (χ1v) is 7.95. The van der Waals surface area contributed by atoms with Gasteiger partial charge in [-0.3, -0.25) is 4.79 Å². The Balaban J connectivity index is 0.00000180. The van der Waals surface area contributed by atoms with Crippen molar-refractivity contribution in [3.05, 3.63) is 0 Å². The number of rotatable bonds is 4. The van der Waals surface area contributed by atoms with Gasteiger partial charge in [0.25, 0.3) is 0 Å². The Morgan fingerprint density at radius 1 is 1.47 bits per heavy atom. The third-order valence-electron chi connectivity index (χ3n) is 4.05. The molecule has 1 aliphatic carbocycles. The molecule has 1 heterocycles. The SMILES string of the molecule is COC(CN)CC(=O)N1CCSC2CCCCC21.Cl. The van der Waals surface area contributed by atoms with Crippen LogP contribution in [0.4, 0.5) is 0 Å². The Bertz CT molecular complexity index is 288. The highest BCUT2D eigenvalue weighted by Gasteiger charge is 2.36. The van der Waals surface area contributed by atoms with Crippen LogP contribution in [0, 0.1) is 0 Å². The first-order chi connectivity index (χ1) is 8.76. The van der Waals surface area contributed by atoms with Crippen molar-refractivity contribution in [1.29, 1.82) is 0 Å². The van der Waals surface area contributed by atoms with E-state index in [1.54, 1.807) is 7.11 Å². The van der Waals surface area contributed by atoms with Gasteiger partial charge in [0.15, 0.2) is 0 Å². The van der Waals surface area contributed by atoms with E-state index in [0.29, 0.717) is 24.3 Å². The van der Waals surface area contributed by atoms with Crippen LogP contribution < -0.4 is 5.73 Å². The first kappa shape index (κ1) is 17.1. The lowest BCUT2D eigenvalue weighted by atomic mass is 9.93. The summed E-state index contributed by atoms with van der Waals surface area (Å²) >= 11 is 2.05. The van der Waals surface area contributed by atoms with E-state index >= 15 is 0 Å². The molecule has 3 unspecified atom stereocenters. The number of carbonyl (C=O) groups is 1. The van der Waals surface area contributed by atoms with E-state index < -0.39 is 0 Å². The molecule has 1 saturated carbocycles. The summed E-state index contributed by atoms with van der Waals surface area (Å²) in [5.74, 6) is 1.30. The number of thioether (sulfide) groups is 1. The van der Waals surface area contributed by atoms with E-state index in [4.69, 9.17) is 10.5 Å². The number of nitrogens with two attached hydrogens (primary N) is 1. The molecule has 2 N–H and O–H groups in total. The maximum atomic E-state index is 12.4. The molecule has 2 rings (SSSR count). The minimum Gasteiger partial charge on any atom is -0.380 e. The maximum Gasteiger partial charge on any atom is 0.225 e. The van der Waals surface area contributed by atoms with E-state index in [2.05, 4.69) is 4.90 Å². The van der Waals surface area contributed by atoms with E-state index in [9.17, 15) is 4.79 Å². The Hall–Kier alpha value is 0.0300. The van der Waals surface area contributed by atoms with Crippen molar-refractivity contribution < 1.29 is 9.53 Å². The molecule has 6 heteroatoms. The van der Waals surface area contributed by atoms with Gasteiger partial charge in [-0.1, -0.05) is 12.8 Å². The molecule has 0 aromatic carbocycles. The smallest absolute Gasteiger partial charge is 0.225 e. The van der Waals surface area contributed by atoms with Gasteiger partial charge >= 0.3 is 0 Å². The van der Waals surface area contributed by atoms with Gasteiger partial charge in [0.1, 0.15) is 0 Å². The number of amides is 1. The highest BCUT2D eigenvalue weighted by molar-refractivity contribution is 8.00. The van der Waals surface area contributed by atoms with Gasteiger partial charge in [-0.2, -0.15) is 11.8 Å². The molecule has 1 saturated heterocycles. The lowest BCUT2D eigenvalue weighted by molar-refractivity contribution is -0.136. The summed E-state index contributed by atoms with van der Waals surface area (Å²) in [6, 6.07) is 0.459. The molecule has 0 aromatic heterocycles. The predicted molar refractivity (Wildman–Crippen MR) is 81.9 cm³/mol. The highest BCUT2D eigenvalue weighted by atomic mass is 35.5. The van der Waals surface area contributed by atoms with Crippen molar-refractivity contribution in [2.45, 2.75) is 49.5 Å². The molecule has 3 atom stereocenters. The standard InChI is InChI=1S/C13H24N2O2S.ClH/c1-17-10(9-14)8-13(16)15-6-7-18-12-5-3-2-4-11(12)15;/h10-12H,2-9,14H2,1H3;1H. The van der Waals surface area contributed by atoms with Crippen LogP contribution in [-0.2, 0) is 9.53 Å². The van der Waals surface area contributed by atoms with Gasteiger partial charge in [-0.15, -0.1) is 12.4 Å². The number of methoxy groups -OCH3 is 1. The summed E-state index contributed by atoms with van der Waals surface area (Å²) in [4.78, 5) is 14.5. The highest BCUT2D eigenvalue weighted by Crippen LogP contribution is 2.35. The monoisotopic (exact) mass is 308 g/mol. The van der Waals surface area contributed by atoms with Gasteiger partial charge in [-0.05, 0) is 12.8 Å². The summed E-state index contributed by atoms with van der Waals surface area (Å²) in [6.07, 6.45) is 5.32. The zero-order valence-corrected chi connectivity index (χ0v) is 13.2. The Labute approximate surface area is 126 Å². The predicted octanol–water partition coefficient (Wildman–Crippen LogP) is 1.66. The fourth-order valence-electron chi connectivity index (χ4n) is 2.98. The van der Waals surface area contributed by atoms with Crippen molar-refractivity contribution in [2.75, 3.05) is 26.0 Å². The average molecular weight is 309 g/mol. The van der Waals surface area contributed by atoms with Crippen molar-refractivity contribution >= 4 is 30.1 Å². The van der Waals surface area contributed by atoms with Gasteiger partial charge < -0.3 is 15.4 Å². The van der Waals surface area contributed by atoms with E-state index in [1.807, 2.05) is 11.8 Å². The van der Waals surface area contributed by atoms with Crippen molar-refractivity contribution in [3.8, 4) is 0 Å². The lowest BCUT2D eigenvalue weighted by Gasteiger charge is -2.44. The van der Waals surface area contributed by atoms with E-state index in [1.165, 1.54) is 25.7 Å². The Morgan fingerprint density at radius 2 is 2.21 bits per heavy atom. The van der Waals surface area contributed by atoms with Crippen LogP contribution >= 0.6 is 24.2 Å². The second-order valence-electron chi connectivity index (χ2n) is 5.15. The third-order valence-corrected chi connectivity index (χ3v) is 5.45. The van der Waals surface area contributed by atoms with Gasteiger partial charge in [0.05, 0.1) is 12.5 Å². The number of ether oxygens (including phenoxy) is 1. The number of carbonyl (C=O) groups excluding carboxylic acids is 1. The molecular weight excluding hydrogens is 284 g/mol. The number of hydrogen-bond donors (Lipinski definition) is 1. The molecule has 19 heavy (non-hydrogen) atoms. The fraction of sp³-hybridized carbons (Fsp3) is 0.923. The summed E-state index contributed by atoms with van der Waals surface area (Å²) in [5.41, 5.74) is 5.59. The van der Waals surface area contributed by atoms with Crippen LogP contribution in [0.1, 0.15) is 32.1 Å². The van der Waals surface area contributed by atoms with Gasteiger partial charge in [0, 0.05) is 37.2 Å². The lowest BCUT2D eigenvalue weighted by Crippen LogP contribution is -2.52. The number of halogens is 1. The maximum absolute atomic E-state index is 12.4. The van der Waals surface area contributed by atoms with Crippen molar-refractivity contribution in [2.24, 2.45) is 5.73 Å². The molecule has 0 radical (unpaired) electrons. The molecule has 0 bridgehead atoms. The molecular formula is C13H25ClN2O2S. The number of fused-ring (bicyclic) bond motifs is 1. The molecule has 1 amide bonds. The van der Waals surface area contributed by atoms with Crippen LogP contribution in [0.2, 0.25) is 0 Å². The molecule has 1 aliphatic heterocycles. The molecule has 0 spiro atoms. The summed E-state index contributed by atoms with van der Waals surface area (Å²) in [6.45, 7) is 1.31. The Morgan fingerprint density at radius 3 is 2.89 bits per heavy atom. The summed E-state index contributed by atoms with van der Waals surface area (Å²) < 4.78 is 5.22. The quantitative estimate of drug-likeness (QED) is 0.858. The number of hydrogen-bond acceptors (Lipinski definition) is 4. The van der Waals surface area contributed by atoms with Crippen LogP contribution in [0.15, 0.2) is 0 Å². The normalized spacial score (nSPS) is 28.2. The van der Waals surface area contributed by atoms with Crippen LogP contribution in [0.5, 0.6) is 0 Å².